The zero-order valence-electron chi connectivity index (χ0n) is 6.64. The molecule has 0 radical (unpaired) electrons. The van der Waals surface area contributed by atoms with Gasteiger partial charge < -0.3 is 10.9 Å². The van der Waals surface area contributed by atoms with Gasteiger partial charge in [-0.1, -0.05) is 0 Å². The number of hydrogen-bond acceptors (Lipinski definition) is 3. The third kappa shape index (κ3) is 1.10. The summed E-state index contributed by atoms with van der Waals surface area (Å²) in [7, 11) is 0. The number of imidazole rings is 1. The van der Waals surface area contributed by atoms with E-state index >= 15 is 0 Å². The van der Waals surface area contributed by atoms with E-state index in [1.807, 2.05) is 0 Å². The number of nitrogens with zero attached hydrogens (tertiary/aromatic N) is 2. The zero-order valence-corrected chi connectivity index (χ0v) is 6.64. The fourth-order valence-electron chi connectivity index (χ4n) is 1.15. The average Bonchev–Trinajstić information content (AvgIpc) is 2.47. The molecule has 66 valence electrons. The van der Waals surface area contributed by atoms with Gasteiger partial charge in [0.25, 0.3) is 0 Å². The van der Waals surface area contributed by atoms with Crippen molar-refractivity contribution in [3.8, 4) is 0 Å². The predicted molar refractivity (Wildman–Crippen MR) is 45.4 cm³/mol. The fourth-order valence-corrected chi connectivity index (χ4v) is 1.15. The van der Waals surface area contributed by atoms with E-state index in [2.05, 4.69) is 4.98 Å². The summed E-state index contributed by atoms with van der Waals surface area (Å²) in [5, 5.41) is 9.22. The second kappa shape index (κ2) is 2.48. The largest absolute Gasteiger partial charge is 0.427 e. The summed E-state index contributed by atoms with van der Waals surface area (Å²) in [4.78, 5) is 14.7. The lowest BCUT2D eigenvalue weighted by Gasteiger charge is -1.95. The Hall–Kier alpha value is -2.04. The molecular formula is C8H7N3O2. The number of primary amides is 1. The van der Waals surface area contributed by atoms with E-state index < -0.39 is 5.91 Å². The van der Waals surface area contributed by atoms with Gasteiger partial charge in [-0.3, -0.25) is 4.79 Å². The highest BCUT2D eigenvalue weighted by Crippen LogP contribution is 2.12. The minimum Gasteiger partial charge on any atom is -0.427 e. The van der Waals surface area contributed by atoms with Crippen molar-refractivity contribution in [1.29, 1.82) is 0 Å². The Morgan fingerprint density at radius 1 is 1.54 bits per heavy atom. The van der Waals surface area contributed by atoms with Gasteiger partial charge in [0.2, 0.25) is 5.91 Å². The molecule has 1 heterocycles. The first kappa shape index (κ1) is 7.60. The molecule has 0 spiro atoms. The van der Waals surface area contributed by atoms with E-state index in [9.17, 15) is 10.0 Å². The monoisotopic (exact) mass is 177 g/mol. The maximum absolute atomic E-state index is 10.8. The van der Waals surface area contributed by atoms with Gasteiger partial charge in [0.05, 0.1) is 5.52 Å². The molecule has 13 heavy (non-hydrogen) atoms. The van der Waals surface area contributed by atoms with Crippen LogP contribution in [0.4, 0.5) is 0 Å². The Morgan fingerprint density at radius 3 is 3.00 bits per heavy atom. The molecule has 0 aliphatic carbocycles. The first-order chi connectivity index (χ1) is 6.18. The maximum atomic E-state index is 10.8. The van der Waals surface area contributed by atoms with Gasteiger partial charge in [-0.25, -0.2) is 4.98 Å². The van der Waals surface area contributed by atoms with E-state index in [0.717, 1.165) is 4.73 Å². The van der Waals surface area contributed by atoms with E-state index in [1.165, 1.54) is 12.4 Å². The molecule has 2 rings (SSSR count). The van der Waals surface area contributed by atoms with Crippen LogP contribution in [0.15, 0.2) is 24.5 Å². The smallest absolute Gasteiger partial charge is 0.248 e. The molecule has 0 aliphatic heterocycles. The molecular weight excluding hydrogens is 170 g/mol. The van der Waals surface area contributed by atoms with Crippen LogP contribution in [0.1, 0.15) is 10.4 Å². The standard InChI is InChI=1S/C8H7N3O2/c9-8(12)5-1-2-6-7(3-5)11(13)4-10-6/h1-4,13H,(H2,9,12). The second-order valence-electron chi connectivity index (χ2n) is 2.66. The predicted octanol–water partition coefficient (Wildman–Crippen LogP) is 0.372. The maximum Gasteiger partial charge on any atom is 0.248 e. The van der Waals surface area contributed by atoms with Crippen molar-refractivity contribution >= 4 is 16.9 Å². The van der Waals surface area contributed by atoms with Crippen LogP contribution in [0.2, 0.25) is 0 Å². The summed E-state index contributed by atoms with van der Waals surface area (Å²) in [5.41, 5.74) is 6.51. The molecule has 1 aromatic heterocycles. The Bertz CT molecular complexity index is 475. The quantitative estimate of drug-likeness (QED) is 0.617. The lowest BCUT2D eigenvalue weighted by Crippen LogP contribution is -2.10. The van der Waals surface area contributed by atoms with Crippen LogP contribution in [0.5, 0.6) is 0 Å². The topological polar surface area (TPSA) is 81.1 Å². The van der Waals surface area contributed by atoms with Crippen molar-refractivity contribution in [2.45, 2.75) is 0 Å². The molecule has 5 heteroatoms. The van der Waals surface area contributed by atoms with E-state index in [0.29, 0.717) is 16.6 Å². The summed E-state index contributed by atoms with van der Waals surface area (Å²) < 4.78 is 0.849. The highest BCUT2D eigenvalue weighted by Gasteiger charge is 2.05. The van der Waals surface area contributed by atoms with Crippen molar-refractivity contribution in [2.24, 2.45) is 5.73 Å². The van der Waals surface area contributed by atoms with Crippen molar-refractivity contribution in [3.63, 3.8) is 0 Å². The molecule has 0 saturated carbocycles. The number of nitrogens with two attached hydrogens (primary N) is 1. The van der Waals surface area contributed by atoms with Crippen LogP contribution in [0, 0.1) is 0 Å². The Morgan fingerprint density at radius 2 is 2.31 bits per heavy atom. The molecule has 0 aliphatic rings. The van der Waals surface area contributed by atoms with Crippen molar-refractivity contribution in [3.05, 3.63) is 30.1 Å². The summed E-state index contributed by atoms with van der Waals surface area (Å²) >= 11 is 0. The zero-order chi connectivity index (χ0) is 9.42. The molecule has 1 amide bonds. The third-order valence-electron chi connectivity index (χ3n) is 1.81. The second-order valence-corrected chi connectivity index (χ2v) is 2.66. The average molecular weight is 177 g/mol. The number of hydrogen-bond donors (Lipinski definition) is 2. The lowest BCUT2D eigenvalue weighted by molar-refractivity contribution is 0.100. The van der Waals surface area contributed by atoms with Gasteiger partial charge in [-0.15, -0.1) is 0 Å². The summed E-state index contributed by atoms with van der Waals surface area (Å²) in [5.74, 6) is -0.525. The summed E-state index contributed by atoms with van der Waals surface area (Å²) in [6.07, 6.45) is 1.26. The molecule has 2 aromatic rings. The Kier molecular flexibility index (Phi) is 1.45. The lowest BCUT2D eigenvalue weighted by atomic mass is 10.2. The van der Waals surface area contributed by atoms with Gasteiger partial charge in [-0.05, 0) is 18.2 Å². The molecule has 5 nitrogen and oxygen atoms in total. The van der Waals surface area contributed by atoms with Gasteiger partial charge in [0, 0.05) is 5.56 Å². The van der Waals surface area contributed by atoms with Crippen molar-refractivity contribution < 1.29 is 10.0 Å². The van der Waals surface area contributed by atoms with Crippen LogP contribution >= 0.6 is 0 Å². The van der Waals surface area contributed by atoms with Crippen molar-refractivity contribution in [2.75, 3.05) is 0 Å². The van der Waals surface area contributed by atoms with Gasteiger partial charge in [-0.2, -0.15) is 4.73 Å². The number of aromatic nitrogens is 2. The fraction of sp³-hybridized carbons (Fsp3) is 0. The van der Waals surface area contributed by atoms with Crippen LogP contribution in [-0.2, 0) is 0 Å². The van der Waals surface area contributed by atoms with Gasteiger partial charge in [0.15, 0.2) is 0 Å². The molecule has 1 aromatic carbocycles. The van der Waals surface area contributed by atoms with Crippen LogP contribution in [-0.4, -0.2) is 20.8 Å². The summed E-state index contributed by atoms with van der Waals surface area (Å²) in [6.45, 7) is 0. The van der Waals surface area contributed by atoms with E-state index in [-0.39, 0.29) is 0 Å². The van der Waals surface area contributed by atoms with Gasteiger partial charge >= 0.3 is 0 Å². The number of amides is 1. The number of carbonyl (C=O) groups excluding carboxylic acids is 1. The molecule has 0 bridgehead atoms. The van der Waals surface area contributed by atoms with Crippen molar-refractivity contribution in [1.82, 2.24) is 9.71 Å². The van der Waals surface area contributed by atoms with Gasteiger partial charge in [0.1, 0.15) is 11.8 Å². The highest BCUT2D eigenvalue weighted by atomic mass is 16.5. The molecule has 0 atom stereocenters. The normalized spacial score (nSPS) is 10.5. The molecule has 0 fully saturated rings. The first-order valence-corrected chi connectivity index (χ1v) is 3.64. The molecule has 3 N–H and O–H groups in total. The Labute approximate surface area is 73.4 Å². The SMILES string of the molecule is NC(=O)c1ccc2ncn(O)c2c1. The van der Waals surface area contributed by atoms with Crippen LogP contribution < -0.4 is 5.73 Å². The summed E-state index contributed by atoms with van der Waals surface area (Å²) in [6, 6.07) is 4.68. The Balaban J connectivity index is 2.72. The number of rotatable bonds is 1. The minimum absolute atomic E-state index is 0.350. The number of carbonyl (C=O) groups is 1. The van der Waals surface area contributed by atoms with Crippen LogP contribution in [0.25, 0.3) is 11.0 Å². The first-order valence-electron chi connectivity index (χ1n) is 3.64. The number of benzene rings is 1. The number of fused-ring (bicyclic) bond motifs is 1. The molecule has 0 saturated heterocycles. The highest BCUT2D eigenvalue weighted by molar-refractivity contribution is 5.96. The van der Waals surface area contributed by atoms with E-state index in [4.69, 9.17) is 5.73 Å². The minimum atomic E-state index is -0.525. The van der Waals surface area contributed by atoms with Crippen LogP contribution in [0.3, 0.4) is 0 Å². The third-order valence-corrected chi connectivity index (χ3v) is 1.81. The molecule has 0 unspecified atom stereocenters. The van der Waals surface area contributed by atoms with E-state index in [1.54, 1.807) is 12.1 Å².